The van der Waals surface area contributed by atoms with Gasteiger partial charge in [0.25, 0.3) is 5.91 Å². The van der Waals surface area contributed by atoms with Gasteiger partial charge in [0.15, 0.2) is 0 Å². The average molecular weight is 403 g/mol. The van der Waals surface area contributed by atoms with E-state index in [1.165, 1.54) is 21.0 Å². The molecule has 0 aliphatic carbocycles. The number of hydrogen-bond acceptors (Lipinski definition) is 3. The van der Waals surface area contributed by atoms with Crippen LogP contribution in [0, 0.1) is 0 Å². The van der Waals surface area contributed by atoms with E-state index in [9.17, 15) is 13.2 Å². The van der Waals surface area contributed by atoms with E-state index in [2.05, 4.69) is 31.5 Å². The maximum absolute atomic E-state index is 12.5. The molecule has 0 bridgehead atoms. The van der Waals surface area contributed by atoms with Crippen molar-refractivity contribution < 1.29 is 18.1 Å². The van der Waals surface area contributed by atoms with E-state index in [0.29, 0.717) is 24.2 Å². The van der Waals surface area contributed by atoms with Gasteiger partial charge in [-0.2, -0.15) is 0 Å². The molecule has 2 N–H and O–H groups in total. The SMILES string of the molecule is C[C@H]1Cc2cc(C(=O)NCc3ccc(C[NH+](C)C)cc3)ccc2N1S(C)(=O)=O. The maximum Gasteiger partial charge on any atom is 0.251 e. The molecule has 1 aliphatic heterocycles. The summed E-state index contributed by atoms with van der Waals surface area (Å²) in [6.07, 6.45) is 1.82. The Morgan fingerprint density at radius 3 is 2.39 bits per heavy atom. The highest BCUT2D eigenvalue weighted by atomic mass is 32.2. The van der Waals surface area contributed by atoms with Crippen molar-refractivity contribution in [2.45, 2.75) is 32.5 Å². The summed E-state index contributed by atoms with van der Waals surface area (Å²) < 4.78 is 25.5. The fourth-order valence-corrected chi connectivity index (χ4v) is 4.98. The van der Waals surface area contributed by atoms with Crippen molar-refractivity contribution in [3.8, 4) is 0 Å². The summed E-state index contributed by atoms with van der Waals surface area (Å²) in [6, 6.07) is 13.3. The van der Waals surface area contributed by atoms with Crippen LogP contribution in [-0.4, -0.2) is 40.7 Å². The molecule has 1 aliphatic rings. The molecule has 1 heterocycles. The van der Waals surface area contributed by atoms with Gasteiger partial charge < -0.3 is 10.2 Å². The quantitative estimate of drug-likeness (QED) is 0.757. The van der Waals surface area contributed by atoms with Gasteiger partial charge in [-0.15, -0.1) is 0 Å². The predicted molar refractivity (Wildman–Crippen MR) is 111 cm³/mol. The number of benzene rings is 2. The van der Waals surface area contributed by atoms with E-state index >= 15 is 0 Å². The first kappa shape index (κ1) is 20.4. The standard InChI is InChI=1S/C21H27N3O3S/c1-15-11-19-12-18(9-10-20(19)24(15)28(4,26)27)21(25)22-13-16-5-7-17(8-6-16)14-23(2)3/h5-10,12,15H,11,13-14H2,1-4H3,(H,22,25)/p+1/t15-/m0/s1. The molecule has 2 aromatic rings. The highest BCUT2D eigenvalue weighted by Crippen LogP contribution is 2.34. The van der Waals surface area contributed by atoms with Gasteiger partial charge in [-0.05, 0) is 42.7 Å². The molecule has 6 nitrogen and oxygen atoms in total. The van der Waals surface area contributed by atoms with Gasteiger partial charge in [-0.1, -0.05) is 24.3 Å². The minimum atomic E-state index is -3.32. The van der Waals surface area contributed by atoms with Gasteiger partial charge in [-0.25, -0.2) is 8.42 Å². The van der Waals surface area contributed by atoms with Crippen molar-refractivity contribution in [2.75, 3.05) is 24.7 Å². The Balaban J connectivity index is 1.67. The number of amides is 1. The van der Waals surface area contributed by atoms with Crippen LogP contribution in [0.3, 0.4) is 0 Å². The Morgan fingerprint density at radius 2 is 1.79 bits per heavy atom. The largest absolute Gasteiger partial charge is 0.348 e. The zero-order valence-electron chi connectivity index (χ0n) is 16.8. The van der Waals surface area contributed by atoms with E-state index in [0.717, 1.165) is 17.7 Å². The van der Waals surface area contributed by atoms with E-state index in [4.69, 9.17) is 0 Å². The van der Waals surface area contributed by atoms with E-state index < -0.39 is 10.0 Å². The fourth-order valence-electron chi connectivity index (χ4n) is 3.72. The topological polar surface area (TPSA) is 70.9 Å². The molecule has 0 aromatic heterocycles. The van der Waals surface area contributed by atoms with Crippen LogP contribution < -0.4 is 14.5 Å². The number of nitrogens with zero attached hydrogens (tertiary/aromatic N) is 1. The fraction of sp³-hybridized carbons (Fsp3) is 0.381. The Bertz CT molecular complexity index is 969. The third-order valence-corrected chi connectivity index (χ3v) is 6.16. The van der Waals surface area contributed by atoms with Crippen LogP contribution in [-0.2, 0) is 29.5 Å². The number of carbonyl (C=O) groups is 1. The van der Waals surface area contributed by atoms with Crippen LogP contribution >= 0.6 is 0 Å². The third-order valence-electron chi connectivity index (χ3n) is 4.89. The number of nitrogens with one attached hydrogen (secondary N) is 2. The summed E-state index contributed by atoms with van der Waals surface area (Å²) in [6.45, 7) is 3.30. The van der Waals surface area contributed by atoms with Crippen molar-refractivity contribution >= 4 is 21.6 Å². The Morgan fingerprint density at radius 1 is 1.14 bits per heavy atom. The molecule has 0 unspecified atom stereocenters. The lowest BCUT2D eigenvalue weighted by atomic mass is 10.1. The van der Waals surface area contributed by atoms with Crippen molar-refractivity contribution in [1.82, 2.24) is 5.32 Å². The van der Waals surface area contributed by atoms with Crippen LogP contribution in [0.1, 0.15) is 34.0 Å². The third kappa shape index (κ3) is 4.54. The van der Waals surface area contributed by atoms with Gasteiger partial charge in [0.1, 0.15) is 6.54 Å². The summed E-state index contributed by atoms with van der Waals surface area (Å²) in [4.78, 5) is 13.9. The molecule has 0 saturated heterocycles. The number of fused-ring (bicyclic) bond motifs is 1. The monoisotopic (exact) mass is 402 g/mol. The second-order valence-electron chi connectivity index (χ2n) is 7.84. The lowest BCUT2D eigenvalue weighted by molar-refractivity contribution is -0.872. The second-order valence-corrected chi connectivity index (χ2v) is 9.70. The van der Waals surface area contributed by atoms with Crippen LogP contribution in [0.2, 0.25) is 0 Å². The lowest BCUT2D eigenvalue weighted by Gasteiger charge is -2.21. The van der Waals surface area contributed by atoms with Gasteiger partial charge in [0.2, 0.25) is 10.0 Å². The summed E-state index contributed by atoms with van der Waals surface area (Å²) in [5.74, 6) is -0.157. The molecule has 0 radical (unpaired) electrons. The van der Waals surface area contributed by atoms with Crippen molar-refractivity contribution in [1.29, 1.82) is 0 Å². The highest BCUT2D eigenvalue weighted by molar-refractivity contribution is 7.92. The highest BCUT2D eigenvalue weighted by Gasteiger charge is 2.32. The van der Waals surface area contributed by atoms with Gasteiger partial charge in [-0.3, -0.25) is 9.10 Å². The lowest BCUT2D eigenvalue weighted by Crippen LogP contribution is -3.04. The molecular weight excluding hydrogens is 374 g/mol. The molecule has 1 amide bonds. The first-order valence-electron chi connectivity index (χ1n) is 9.42. The molecule has 3 rings (SSSR count). The smallest absolute Gasteiger partial charge is 0.251 e. The Labute approximate surface area is 167 Å². The van der Waals surface area contributed by atoms with Crippen LogP contribution in [0.4, 0.5) is 5.69 Å². The summed E-state index contributed by atoms with van der Waals surface area (Å²) in [7, 11) is 0.899. The number of rotatable bonds is 6. The number of hydrogen-bond donors (Lipinski definition) is 2. The maximum atomic E-state index is 12.5. The summed E-state index contributed by atoms with van der Waals surface area (Å²) in [5, 5.41) is 2.94. The van der Waals surface area contributed by atoms with E-state index in [-0.39, 0.29) is 11.9 Å². The first-order valence-corrected chi connectivity index (χ1v) is 11.3. The summed E-state index contributed by atoms with van der Waals surface area (Å²) >= 11 is 0. The number of sulfonamides is 1. The van der Waals surface area contributed by atoms with E-state index in [1.54, 1.807) is 18.2 Å². The summed E-state index contributed by atoms with van der Waals surface area (Å²) in [5.41, 5.74) is 4.42. The molecule has 150 valence electrons. The Hall–Kier alpha value is -2.38. The number of carbonyl (C=O) groups excluding carboxylic acids is 1. The predicted octanol–water partition coefficient (Wildman–Crippen LogP) is 0.972. The molecule has 2 aromatic carbocycles. The van der Waals surface area contributed by atoms with Gasteiger partial charge in [0, 0.05) is 23.7 Å². The van der Waals surface area contributed by atoms with Crippen LogP contribution in [0.15, 0.2) is 42.5 Å². The molecule has 0 fully saturated rings. The second kappa shape index (κ2) is 7.93. The van der Waals surface area contributed by atoms with Crippen molar-refractivity contribution in [3.05, 3.63) is 64.7 Å². The molecule has 0 saturated carbocycles. The van der Waals surface area contributed by atoms with E-state index in [1.807, 2.05) is 19.1 Å². The zero-order valence-corrected chi connectivity index (χ0v) is 17.6. The first-order chi connectivity index (χ1) is 13.1. The van der Waals surface area contributed by atoms with Crippen LogP contribution in [0.25, 0.3) is 0 Å². The zero-order chi connectivity index (χ0) is 20.5. The van der Waals surface area contributed by atoms with Gasteiger partial charge >= 0.3 is 0 Å². The average Bonchev–Trinajstić information content (AvgIpc) is 2.95. The molecule has 1 atom stereocenters. The molecule has 7 heteroatoms. The molecule has 0 spiro atoms. The number of anilines is 1. The normalized spacial score (nSPS) is 16.3. The minimum Gasteiger partial charge on any atom is -0.348 e. The Kier molecular flexibility index (Phi) is 5.76. The molecule has 28 heavy (non-hydrogen) atoms. The molecular formula is C21H28N3O3S+. The van der Waals surface area contributed by atoms with Gasteiger partial charge in [0.05, 0.1) is 26.0 Å². The minimum absolute atomic E-state index is 0.133. The van der Waals surface area contributed by atoms with Crippen molar-refractivity contribution in [2.24, 2.45) is 0 Å². The van der Waals surface area contributed by atoms with Crippen LogP contribution in [0.5, 0.6) is 0 Å². The number of quaternary nitrogens is 1. The van der Waals surface area contributed by atoms with Crippen molar-refractivity contribution in [3.63, 3.8) is 0 Å².